The Morgan fingerprint density at radius 2 is 1.50 bits per heavy atom. The zero-order valence-corrected chi connectivity index (χ0v) is 16.5. The molecule has 0 unspecified atom stereocenters. The van der Waals surface area contributed by atoms with Crippen molar-refractivity contribution in [3.05, 3.63) is 70.5 Å². The van der Waals surface area contributed by atoms with Crippen LogP contribution in [0.25, 0.3) is 0 Å². The smallest absolute Gasteiger partial charge is 0.188 e. The first-order valence-electron chi connectivity index (χ1n) is 9.76. The summed E-state index contributed by atoms with van der Waals surface area (Å²) >= 11 is 0. The van der Waals surface area contributed by atoms with Crippen LogP contribution in [-0.4, -0.2) is 13.0 Å². The second kappa shape index (κ2) is 11.2. The zero-order chi connectivity index (χ0) is 20.5. The molecule has 2 aromatic rings. The summed E-state index contributed by atoms with van der Waals surface area (Å²) in [6, 6.07) is 9.19. The Labute approximate surface area is 164 Å². The monoisotopic (exact) mass is 396 g/mol. The van der Waals surface area contributed by atoms with Crippen molar-refractivity contribution in [1.82, 2.24) is 0 Å². The molecule has 0 bridgehead atoms. The normalized spacial score (nSPS) is 19.1. The van der Waals surface area contributed by atoms with Crippen LogP contribution >= 0.6 is 0 Å². The molecule has 28 heavy (non-hydrogen) atoms. The highest BCUT2D eigenvalue weighted by Gasteiger charge is 2.18. The quantitative estimate of drug-likeness (QED) is 0.511. The molecule has 0 aromatic heterocycles. The molecule has 0 atom stereocenters. The topological polar surface area (TPSA) is 9.23 Å². The van der Waals surface area contributed by atoms with Gasteiger partial charge in [0.25, 0.3) is 0 Å². The molecule has 0 saturated heterocycles. The molecule has 1 aliphatic carbocycles. The average molecular weight is 396 g/mol. The zero-order valence-electron chi connectivity index (χ0n) is 16.5. The van der Waals surface area contributed by atoms with Crippen LogP contribution < -0.4 is 0 Å². The first kappa shape index (κ1) is 22.4. The molecule has 0 N–H and O–H groups in total. The molecule has 1 nitrogen and oxygen atoms in total. The minimum absolute atomic E-state index is 0.209. The predicted molar refractivity (Wildman–Crippen MR) is 103 cm³/mol. The van der Waals surface area contributed by atoms with Crippen molar-refractivity contribution in [2.45, 2.75) is 58.5 Å². The van der Waals surface area contributed by atoms with Gasteiger partial charge < -0.3 is 4.74 Å². The summed E-state index contributed by atoms with van der Waals surface area (Å²) in [4.78, 5) is 0. The summed E-state index contributed by atoms with van der Waals surface area (Å²) in [5, 5.41) is 0. The molecular formula is C23H28F4O. The largest absolute Gasteiger partial charge is 0.347 e. The van der Waals surface area contributed by atoms with Gasteiger partial charge in [0, 0.05) is 0 Å². The van der Waals surface area contributed by atoms with Crippen LogP contribution in [0.4, 0.5) is 17.6 Å². The van der Waals surface area contributed by atoms with E-state index in [1.807, 2.05) is 0 Å². The maximum Gasteiger partial charge on any atom is 0.188 e. The SMILES string of the molecule is CC1CCC(OCF)CC1.Cc1ccc(CCc2ccc(F)cc2)c(F)c1F. The van der Waals surface area contributed by atoms with Crippen molar-refractivity contribution in [1.29, 1.82) is 0 Å². The standard InChI is InChI=1S/C15H13F3.C8H15FO/c1-10-2-6-12(15(18)14(10)17)7-3-11-4-8-13(16)9-5-11;1-7-2-4-8(5-3-7)10-6-9/h2,4-6,8-9H,3,7H2,1H3;7-8H,2-6H2,1H3. The number of halogens is 4. The van der Waals surface area contributed by atoms with Gasteiger partial charge in [0.2, 0.25) is 0 Å². The summed E-state index contributed by atoms with van der Waals surface area (Å²) < 4.78 is 56.2. The van der Waals surface area contributed by atoms with Gasteiger partial charge in [0.15, 0.2) is 18.5 Å². The van der Waals surface area contributed by atoms with Gasteiger partial charge >= 0.3 is 0 Å². The molecule has 1 saturated carbocycles. The van der Waals surface area contributed by atoms with Gasteiger partial charge in [-0.3, -0.25) is 0 Å². The summed E-state index contributed by atoms with van der Waals surface area (Å²) in [6.07, 6.45) is 5.65. The van der Waals surface area contributed by atoms with Crippen LogP contribution in [0.5, 0.6) is 0 Å². The number of ether oxygens (including phenoxy) is 1. The van der Waals surface area contributed by atoms with Crippen molar-refractivity contribution in [2.24, 2.45) is 5.92 Å². The lowest BCUT2D eigenvalue weighted by molar-refractivity contribution is -0.0274. The van der Waals surface area contributed by atoms with Gasteiger partial charge in [-0.05, 0) is 80.2 Å². The van der Waals surface area contributed by atoms with Crippen molar-refractivity contribution < 1.29 is 22.3 Å². The number of aryl methyl sites for hydroxylation is 3. The van der Waals surface area contributed by atoms with E-state index in [4.69, 9.17) is 4.74 Å². The van der Waals surface area contributed by atoms with Crippen molar-refractivity contribution in [3.8, 4) is 0 Å². The van der Waals surface area contributed by atoms with E-state index < -0.39 is 18.5 Å². The first-order valence-corrected chi connectivity index (χ1v) is 9.76. The van der Waals surface area contributed by atoms with E-state index in [1.165, 1.54) is 31.9 Å². The fraction of sp³-hybridized carbons (Fsp3) is 0.478. The predicted octanol–water partition coefficient (Wildman–Crippen LogP) is 6.71. The van der Waals surface area contributed by atoms with Crippen LogP contribution in [0.15, 0.2) is 36.4 Å². The lowest BCUT2D eigenvalue weighted by Gasteiger charge is -2.24. The highest BCUT2D eigenvalue weighted by Crippen LogP contribution is 2.25. The van der Waals surface area contributed by atoms with Gasteiger partial charge in [0.1, 0.15) is 5.82 Å². The fourth-order valence-electron chi connectivity index (χ4n) is 3.29. The first-order chi connectivity index (χ1) is 13.4. The van der Waals surface area contributed by atoms with Crippen LogP contribution in [-0.2, 0) is 17.6 Å². The van der Waals surface area contributed by atoms with Crippen molar-refractivity contribution in [2.75, 3.05) is 6.86 Å². The summed E-state index contributed by atoms with van der Waals surface area (Å²) in [7, 11) is 0. The van der Waals surface area contributed by atoms with Gasteiger partial charge in [-0.2, -0.15) is 0 Å². The van der Waals surface area contributed by atoms with Crippen LogP contribution in [0.1, 0.15) is 49.3 Å². The van der Waals surface area contributed by atoms with Crippen LogP contribution in [0.3, 0.4) is 0 Å². The van der Waals surface area contributed by atoms with Gasteiger partial charge in [0.05, 0.1) is 6.10 Å². The Bertz CT molecular complexity index is 722. The molecule has 0 heterocycles. The van der Waals surface area contributed by atoms with Crippen LogP contribution in [0.2, 0.25) is 0 Å². The highest BCUT2D eigenvalue weighted by atomic mass is 19.2. The minimum Gasteiger partial charge on any atom is -0.347 e. The van der Waals surface area contributed by atoms with E-state index in [1.54, 1.807) is 24.3 Å². The second-order valence-corrected chi connectivity index (χ2v) is 7.45. The molecule has 2 aromatic carbocycles. The molecule has 0 amide bonds. The molecule has 1 fully saturated rings. The summed E-state index contributed by atoms with van der Waals surface area (Å²) in [6.45, 7) is 3.16. The Morgan fingerprint density at radius 1 is 0.857 bits per heavy atom. The lowest BCUT2D eigenvalue weighted by atomic mass is 9.89. The molecule has 154 valence electrons. The maximum absolute atomic E-state index is 13.6. The number of alkyl halides is 1. The van der Waals surface area contributed by atoms with Gasteiger partial charge in [-0.15, -0.1) is 0 Å². The van der Waals surface area contributed by atoms with E-state index >= 15 is 0 Å². The Morgan fingerprint density at radius 3 is 2.11 bits per heavy atom. The van der Waals surface area contributed by atoms with E-state index in [0.717, 1.165) is 24.3 Å². The summed E-state index contributed by atoms with van der Waals surface area (Å²) in [5.41, 5.74) is 1.55. The molecule has 3 rings (SSSR count). The average Bonchev–Trinajstić information content (AvgIpc) is 2.69. The number of rotatable bonds is 5. The third-order valence-corrected chi connectivity index (χ3v) is 5.21. The van der Waals surface area contributed by atoms with Crippen molar-refractivity contribution in [3.63, 3.8) is 0 Å². The maximum atomic E-state index is 13.6. The Kier molecular flexibility index (Phi) is 8.97. The molecular weight excluding hydrogens is 368 g/mol. The molecule has 0 spiro atoms. The third kappa shape index (κ3) is 6.93. The fourth-order valence-corrected chi connectivity index (χ4v) is 3.29. The van der Waals surface area contributed by atoms with E-state index in [9.17, 15) is 17.6 Å². The number of hydrogen-bond acceptors (Lipinski definition) is 1. The Balaban J connectivity index is 0.000000237. The molecule has 5 heteroatoms. The highest BCUT2D eigenvalue weighted by molar-refractivity contribution is 5.27. The Hall–Kier alpha value is -1.88. The van der Waals surface area contributed by atoms with Crippen LogP contribution in [0, 0.1) is 30.3 Å². The molecule has 1 aliphatic rings. The minimum atomic E-state index is -0.786. The van der Waals surface area contributed by atoms with E-state index in [2.05, 4.69) is 6.92 Å². The number of hydrogen-bond donors (Lipinski definition) is 0. The van der Waals surface area contributed by atoms with Gasteiger partial charge in [-0.25, -0.2) is 17.6 Å². The van der Waals surface area contributed by atoms with Gasteiger partial charge in [-0.1, -0.05) is 31.2 Å². The van der Waals surface area contributed by atoms with E-state index in [0.29, 0.717) is 24.0 Å². The number of benzene rings is 2. The lowest BCUT2D eigenvalue weighted by Crippen LogP contribution is -2.19. The third-order valence-electron chi connectivity index (χ3n) is 5.21. The second-order valence-electron chi connectivity index (χ2n) is 7.45. The van der Waals surface area contributed by atoms with E-state index in [-0.39, 0.29) is 11.9 Å². The summed E-state index contributed by atoms with van der Waals surface area (Å²) in [5.74, 6) is -1.05. The van der Waals surface area contributed by atoms with Crippen molar-refractivity contribution >= 4 is 0 Å². The molecule has 0 radical (unpaired) electrons. The molecule has 0 aliphatic heterocycles.